The number of nitrogens with zero attached hydrogens (tertiary/aromatic N) is 2. The first-order valence-electron chi connectivity index (χ1n) is 6.18. The Morgan fingerprint density at radius 2 is 1.84 bits per heavy atom. The van der Waals surface area contributed by atoms with Gasteiger partial charge in [0.25, 0.3) is 0 Å². The number of aryl methyl sites for hydroxylation is 2. The lowest BCUT2D eigenvalue weighted by Gasteiger charge is -2.03. The van der Waals surface area contributed by atoms with Gasteiger partial charge in [0.2, 0.25) is 0 Å². The van der Waals surface area contributed by atoms with Crippen molar-refractivity contribution < 1.29 is 0 Å². The summed E-state index contributed by atoms with van der Waals surface area (Å²) in [5.74, 6) is 0. The standard InChI is InChI=1S/C16H14N2S/c1-11-4-3-5-13(8-11)15-7-6-14(9-17-15)16-10-19-12(2)18-16/h3-10H,1-2H3. The summed E-state index contributed by atoms with van der Waals surface area (Å²) in [6.45, 7) is 4.11. The molecule has 0 aliphatic carbocycles. The highest BCUT2D eigenvalue weighted by Crippen LogP contribution is 2.24. The van der Waals surface area contributed by atoms with Crippen molar-refractivity contribution in [1.29, 1.82) is 0 Å². The van der Waals surface area contributed by atoms with Crippen LogP contribution in [0.1, 0.15) is 10.6 Å². The van der Waals surface area contributed by atoms with Gasteiger partial charge < -0.3 is 0 Å². The molecule has 0 amide bonds. The Labute approximate surface area is 116 Å². The van der Waals surface area contributed by atoms with Crippen LogP contribution in [0.3, 0.4) is 0 Å². The predicted octanol–water partition coefficient (Wildman–Crippen LogP) is 4.49. The van der Waals surface area contributed by atoms with Gasteiger partial charge in [0, 0.05) is 22.7 Å². The van der Waals surface area contributed by atoms with Crippen LogP contribution in [-0.4, -0.2) is 9.97 Å². The van der Waals surface area contributed by atoms with Crippen LogP contribution in [0.25, 0.3) is 22.5 Å². The Bertz CT molecular complexity index is 699. The first-order chi connectivity index (χ1) is 9.22. The molecule has 3 aromatic rings. The average molecular weight is 266 g/mol. The van der Waals surface area contributed by atoms with Gasteiger partial charge in [0.1, 0.15) is 0 Å². The number of hydrogen-bond donors (Lipinski definition) is 0. The highest BCUT2D eigenvalue weighted by molar-refractivity contribution is 7.09. The van der Waals surface area contributed by atoms with Crippen molar-refractivity contribution in [3.8, 4) is 22.5 Å². The summed E-state index contributed by atoms with van der Waals surface area (Å²) in [6.07, 6.45) is 1.90. The van der Waals surface area contributed by atoms with Gasteiger partial charge in [-0.2, -0.15) is 0 Å². The summed E-state index contributed by atoms with van der Waals surface area (Å²) in [5, 5.41) is 3.15. The minimum absolute atomic E-state index is 0.999. The van der Waals surface area contributed by atoms with Gasteiger partial charge in [-0.25, -0.2) is 4.98 Å². The molecule has 2 aromatic heterocycles. The van der Waals surface area contributed by atoms with E-state index in [1.807, 2.05) is 13.1 Å². The molecule has 1 aromatic carbocycles. The van der Waals surface area contributed by atoms with Crippen molar-refractivity contribution in [2.24, 2.45) is 0 Å². The topological polar surface area (TPSA) is 25.8 Å². The molecule has 0 N–H and O–H groups in total. The first-order valence-corrected chi connectivity index (χ1v) is 7.06. The van der Waals surface area contributed by atoms with E-state index in [-0.39, 0.29) is 0 Å². The fourth-order valence-corrected chi connectivity index (χ4v) is 2.64. The third-order valence-electron chi connectivity index (χ3n) is 2.99. The molecule has 0 saturated carbocycles. The lowest BCUT2D eigenvalue weighted by atomic mass is 10.1. The molecule has 2 nitrogen and oxygen atoms in total. The minimum atomic E-state index is 0.999. The van der Waals surface area contributed by atoms with E-state index in [4.69, 9.17) is 0 Å². The number of benzene rings is 1. The van der Waals surface area contributed by atoms with Crippen LogP contribution in [-0.2, 0) is 0 Å². The number of rotatable bonds is 2. The van der Waals surface area contributed by atoms with E-state index in [9.17, 15) is 0 Å². The highest BCUT2D eigenvalue weighted by atomic mass is 32.1. The molecule has 0 fully saturated rings. The summed E-state index contributed by atoms with van der Waals surface area (Å²) in [7, 11) is 0. The lowest BCUT2D eigenvalue weighted by Crippen LogP contribution is -1.86. The summed E-state index contributed by atoms with van der Waals surface area (Å²) in [5.41, 5.74) is 5.48. The number of pyridine rings is 1. The monoisotopic (exact) mass is 266 g/mol. The van der Waals surface area contributed by atoms with Crippen LogP contribution in [0.4, 0.5) is 0 Å². The molecule has 0 aliphatic heterocycles. The van der Waals surface area contributed by atoms with Crippen molar-refractivity contribution in [2.75, 3.05) is 0 Å². The zero-order valence-electron chi connectivity index (χ0n) is 10.9. The van der Waals surface area contributed by atoms with Gasteiger partial charge >= 0.3 is 0 Å². The SMILES string of the molecule is Cc1cccc(-c2ccc(-c3csc(C)n3)cn2)c1. The molecule has 3 rings (SSSR count). The van der Waals surface area contributed by atoms with Crippen LogP contribution in [0.15, 0.2) is 48.0 Å². The second-order valence-corrected chi connectivity index (χ2v) is 5.62. The van der Waals surface area contributed by atoms with Crippen LogP contribution in [0.2, 0.25) is 0 Å². The van der Waals surface area contributed by atoms with Gasteiger partial charge in [-0.1, -0.05) is 23.8 Å². The zero-order valence-corrected chi connectivity index (χ0v) is 11.7. The van der Waals surface area contributed by atoms with Gasteiger partial charge in [-0.15, -0.1) is 11.3 Å². The Morgan fingerprint density at radius 1 is 0.947 bits per heavy atom. The van der Waals surface area contributed by atoms with Crippen molar-refractivity contribution in [3.05, 3.63) is 58.5 Å². The third kappa shape index (κ3) is 2.56. The molecule has 0 radical (unpaired) electrons. The maximum Gasteiger partial charge on any atom is 0.0901 e. The van der Waals surface area contributed by atoms with Crippen molar-refractivity contribution in [3.63, 3.8) is 0 Å². The molecular weight excluding hydrogens is 252 g/mol. The van der Waals surface area contributed by atoms with E-state index in [0.717, 1.165) is 27.5 Å². The summed E-state index contributed by atoms with van der Waals surface area (Å²) in [4.78, 5) is 9.02. The minimum Gasteiger partial charge on any atom is -0.256 e. The van der Waals surface area contributed by atoms with E-state index in [1.54, 1.807) is 11.3 Å². The maximum absolute atomic E-state index is 4.54. The molecule has 0 unspecified atom stereocenters. The highest BCUT2D eigenvalue weighted by Gasteiger charge is 2.04. The lowest BCUT2D eigenvalue weighted by molar-refractivity contribution is 1.27. The molecule has 0 atom stereocenters. The second kappa shape index (κ2) is 4.94. The smallest absolute Gasteiger partial charge is 0.0901 e. The first kappa shape index (κ1) is 12.1. The third-order valence-corrected chi connectivity index (χ3v) is 3.77. The van der Waals surface area contributed by atoms with E-state index in [2.05, 4.69) is 58.7 Å². The molecule has 0 bridgehead atoms. The molecule has 0 aliphatic rings. The summed E-state index contributed by atoms with van der Waals surface area (Å²) in [6, 6.07) is 12.5. The molecule has 94 valence electrons. The van der Waals surface area contributed by atoms with Gasteiger partial charge in [0.15, 0.2) is 0 Å². The molecule has 0 spiro atoms. The average Bonchev–Trinajstić information content (AvgIpc) is 2.86. The molecule has 3 heteroatoms. The molecule has 2 heterocycles. The van der Waals surface area contributed by atoms with Crippen LogP contribution < -0.4 is 0 Å². The van der Waals surface area contributed by atoms with Crippen LogP contribution in [0.5, 0.6) is 0 Å². The fraction of sp³-hybridized carbons (Fsp3) is 0.125. The number of hydrogen-bond acceptors (Lipinski definition) is 3. The van der Waals surface area contributed by atoms with Crippen molar-refractivity contribution >= 4 is 11.3 Å². The maximum atomic E-state index is 4.54. The van der Waals surface area contributed by atoms with E-state index < -0.39 is 0 Å². The summed E-state index contributed by atoms with van der Waals surface area (Å²) < 4.78 is 0. The molecular formula is C16H14N2S. The Morgan fingerprint density at radius 3 is 2.47 bits per heavy atom. The quantitative estimate of drug-likeness (QED) is 0.683. The van der Waals surface area contributed by atoms with E-state index >= 15 is 0 Å². The Kier molecular flexibility index (Phi) is 3.13. The van der Waals surface area contributed by atoms with Crippen LogP contribution >= 0.6 is 11.3 Å². The normalized spacial score (nSPS) is 10.6. The van der Waals surface area contributed by atoms with E-state index in [1.165, 1.54) is 5.56 Å². The van der Waals surface area contributed by atoms with Crippen molar-refractivity contribution in [2.45, 2.75) is 13.8 Å². The second-order valence-electron chi connectivity index (χ2n) is 4.55. The van der Waals surface area contributed by atoms with Gasteiger partial charge in [-0.3, -0.25) is 4.98 Å². The molecule has 0 saturated heterocycles. The Balaban J connectivity index is 1.95. The van der Waals surface area contributed by atoms with E-state index in [0.29, 0.717) is 0 Å². The van der Waals surface area contributed by atoms with Crippen LogP contribution in [0, 0.1) is 13.8 Å². The predicted molar refractivity (Wildman–Crippen MR) is 80.3 cm³/mol. The fourth-order valence-electron chi connectivity index (χ4n) is 2.02. The zero-order chi connectivity index (χ0) is 13.2. The van der Waals surface area contributed by atoms with Gasteiger partial charge in [-0.05, 0) is 32.0 Å². The number of aromatic nitrogens is 2. The largest absolute Gasteiger partial charge is 0.256 e. The van der Waals surface area contributed by atoms with Gasteiger partial charge in [0.05, 0.1) is 16.4 Å². The Hall–Kier alpha value is -2.00. The molecule has 19 heavy (non-hydrogen) atoms. The summed E-state index contributed by atoms with van der Waals surface area (Å²) >= 11 is 1.66. The van der Waals surface area contributed by atoms with Crippen molar-refractivity contribution in [1.82, 2.24) is 9.97 Å². The number of thiazole rings is 1.